The number of halogens is 1. The summed E-state index contributed by atoms with van der Waals surface area (Å²) >= 11 is 6.27. The summed E-state index contributed by atoms with van der Waals surface area (Å²) in [5, 5.41) is 14.5. The third kappa shape index (κ3) is 3.34. The van der Waals surface area contributed by atoms with Gasteiger partial charge in [0.1, 0.15) is 0 Å². The number of piperidine rings is 1. The zero-order valence-electron chi connectivity index (χ0n) is 13.5. The van der Waals surface area contributed by atoms with E-state index in [9.17, 15) is 9.90 Å². The molecule has 1 saturated heterocycles. The van der Waals surface area contributed by atoms with Crippen LogP contribution in [0.5, 0.6) is 0 Å². The van der Waals surface area contributed by atoms with Crippen molar-refractivity contribution in [2.75, 3.05) is 13.7 Å². The van der Waals surface area contributed by atoms with Gasteiger partial charge in [0.25, 0.3) is 0 Å². The second-order valence-corrected chi connectivity index (χ2v) is 6.35. The second-order valence-electron chi connectivity index (χ2n) is 5.94. The van der Waals surface area contributed by atoms with Gasteiger partial charge in [-0.05, 0) is 31.5 Å². The molecule has 1 aromatic heterocycles. The van der Waals surface area contributed by atoms with E-state index in [4.69, 9.17) is 16.3 Å². The van der Waals surface area contributed by atoms with Crippen LogP contribution in [0, 0.1) is 0 Å². The van der Waals surface area contributed by atoms with Crippen molar-refractivity contribution in [1.29, 1.82) is 0 Å². The smallest absolute Gasteiger partial charge is 0.340 e. The highest BCUT2D eigenvalue weighted by Crippen LogP contribution is 2.29. The first-order chi connectivity index (χ1) is 11.6. The second kappa shape index (κ2) is 7.38. The number of esters is 1. The van der Waals surface area contributed by atoms with E-state index in [-0.39, 0.29) is 12.1 Å². The van der Waals surface area contributed by atoms with Crippen LogP contribution in [0.15, 0.2) is 36.5 Å². The average molecular weight is 349 g/mol. The van der Waals surface area contributed by atoms with Gasteiger partial charge in [-0.3, -0.25) is 0 Å². The number of carbonyl (C=O) groups excluding carboxylic acids is 1. The Kier molecular flexibility index (Phi) is 5.23. The lowest BCUT2D eigenvalue weighted by molar-refractivity contribution is 0.0602. The molecule has 0 radical (unpaired) electrons. The SMILES string of the molecule is COC(=O)c1cn(C/C=C/C2NCCCC2O)c2cccc(Cl)c12. The fourth-order valence-corrected chi connectivity index (χ4v) is 3.41. The quantitative estimate of drug-likeness (QED) is 0.658. The fourth-order valence-electron chi connectivity index (χ4n) is 3.14. The molecule has 1 aliphatic rings. The number of nitrogens with zero attached hydrogens (tertiary/aromatic N) is 1. The number of rotatable bonds is 4. The molecule has 0 saturated carbocycles. The van der Waals surface area contributed by atoms with E-state index in [1.165, 1.54) is 7.11 Å². The molecule has 1 aromatic carbocycles. The van der Waals surface area contributed by atoms with Gasteiger partial charge < -0.3 is 19.7 Å². The molecule has 0 aliphatic carbocycles. The number of methoxy groups -OCH3 is 1. The topological polar surface area (TPSA) is 63.5 Å². The monoisotopic (exact) mass is 348 g/mol. The number of aromatic nitrogens is 1. The third-order valence-corrected chi connectivity index (χ3v) is 4.69. The van der Waals surface area contributed by atoms with Crippen LogP contribution in [0.25, 0.3) is 10.9 Å². The molecule has 2 N–H and O–H groups in total. The van der Waals surface area contributed by atoms with E-state index in [1.807, 2.05) is 28.9 Å². The number of hydrogen-bond donors (Lipinski definition) is 2. The Hall–Kier alpha value is -1.82. The van der Waals surface area contributed by atoms with Crippen LogP contribution >= 0.6 is 11.6 Å². The minimum absolute atomic E-state index is 0.0239. The first-order valence-electron chi connectivity index (χ1n) is 8.05. The Bertz CT molecular complexity index is 769. The minimum atomic E-state index is -0.403. The summed E-state index contributed by atoms with van der Waals surface area (Å²) in [6.45, 7) is 1.50. The largest absolute Gasteiger partial charge is 0.465 e. The first kappa shape index (κ1) is 17.0. The molecular weight excluding hydrogens is 328 g/mol. The summed E-state index contributed by atoms with van der Waals surface area (Å²) in [5.41, 5.74) is 1.34. The summed E-state index contributed by atoms with van der Waals surface area (Å²) in [7, 11) is 1.36. The number of aliphatic hydroxyl groups is 1. The molecule has 5 nitrogen and oxygen atoms in total. The van der Waals surface area contributed by atoms with Crippen LogP contribution in [0.4, 0.5) is 0 Å². The highest BCUT2D eigenvalue weighted by atomic mass is 35.5. The molecule has 0 spiro atoms. The van der Waals surface area contributed by atoms with Crippen molar-refractivity contribution in [2.24, 2.45) is 0 Å². The zero-order chi connectivity index (χ0) is 17.1. The van der Waals surface area contributed by atoms with Crippen LogP contribution in [-0.4, -0.2) is 41.4 Å². The van der Waals surface area contributed by atoms with Gasteiger partial charge in [-0.2, -0.15) is 0 Å². The summed E-state index contributed by atoms with van der Waals surface area (Å²) in [6, 6.07) is 5.52. The Morgan fingerprint density at radius 2 is 2.38 bits per heavy atom. The Balaban J connectivity index is 1.87. The number of fused-ring (bicyclic) bond motifs is 1. The Labute approximate surface area is 145 Å². The van der Waals surface area contributed by atoms with Gasteiger partial charge >= 0.3 is 5.97 Å². The summed E-state index contributed by atoms with van der Waals surface area (Å²) in [6.07, 6.45) is 7.20. The lowest BCUT2D eigenvalue weighted by Crippen LogP contribution is -2.43. The van der Waals surface area contributed by atoms with Crippen LogP contribution in [0.1, 0.15) is 23.2 Å². The van der Waals surface area contributed by atoms with Crippen LogP contribution in [-0.2, 0) is 11.3 Å². The van der Waals surface area contributed by atoms with Crippen molar-refractivity contribution < 1.29 is 14.6 Å². The van der Waals surface area contributed by atoms with E-state index >= 15 is 0 Å². The van der Waals surface area contributed by atoms with E-state index < -0.39 is 5.97 Å². The first-order valence-corrected chi connectivity index (χ1v) is 8.43. The van der Waals surface area contributed by atoms with Gasteiger partial charge in [-0.25, -0.2) is 4.79 Å². The van der Waals surface area contributed by atoms with Crippen molar-refractivity contribution in [2.45, 2.75) is 31.5 Å². The summed E-state index contributed by atoms with van der Waals surface area (Å²) in [4.78, 5) is 12.0. The lowest BCUT2D eigenvalue weighted by Gasteiger charge is -2.26. The molecule has 1 aliphatic heterocycles. The molecule has 3 rings (SSSR count). The normalized spacial score (nSPS) is 21.5. The molecule has 0 amide bonds. The molecule has 2 unspecified atom stereocenters. The van der Waals surface area contributed by atoms with Gasteiger partial charge in [0.2, 0.25) is 0 Å². The number of aliphatic hydroxyl groups excluding tert-OH is 1. The summed E-state index contributed by atoms with van der Waals surface area (Å²) in [5.74, 6) is -0.403. The number of nitrogens with one attached hydrogen (secondary N) is 1. The predicted molar refractivity (Wildman–Crippen MR) is 94.5 cm³/mol. The van der Waals surface area contributed by atoms with Gasteiger partial charge in [-0.1, -0.05) is 29.8 Å². The summed E-state index contributed by atoms with van der Waals surface area (Å²) < 4.78 is 6.81. The number of carbonyl (C=O) groups is 1. The van der Waals surface area contributed by atoms with Crippen molar-refractivity contribution in [3.05, 3.63) is 47.1 Å². The molecule has 2 heterocycles. The van der Waals surface area contributed by atoms with Crippen molar-refractivity contribution in [1.82, 2.24) is 9.88 Å². The molecule has 6 heteroatoms. The fraction of sp³-hybridized carbons (Fsp3) is 0.389. The molecule has 2 aromatic rings. The van der Waals surface area contributed by atoms with Gasteiger partial charge in [0, 0.05) is 18.1 Å². The number of ether oxygens (including phenoxy) is 1. The van der Waals surface area contributed by atoms with E-state index in [0.29, 0.717) is 22.5 Å². The van der Waals surface area contributed by atoms with Crippen molar-refractivity contribution in [3.8, 4) is 0 Å². The molecule has 128 valence electrons. The number of benzene rings is 1. The van der Waals surface area contributed by atoms with E-state index in [2.05, 4.69) is 5.32 Å². The third-order valence-electron chi connectivity index (χ3n) is 4.38. The van der Waals surface area contributed by atoms with Gasteiger partial charge in [0.05, 0.1) is 35.4 Å². The Morgan fingerprint density at radius 1 is 1.54 bits per heavy atom. The molecule has 1 fully saturated rings. The number of hydrogen-bond acceptors (Lipinski definition) is 4. The molecular formula is C18H21ClN2O3. The average Bonchev–Trinajstić information content (AvgIpc) is 2.96. The zero-order valence-corrected chi connectivity index (χ0v) is 14.3. The Morgan fingerprint density at radius 3 is 3.12 bits per heavy atom. The molecule has 2 atom stereocenters. The maximum absolute atomic E-state index is 12.0. The van der Waals surface area contributed by atoms with Crippen molar-refractivity contribution in [3.63, 3.8) is 0 Å². The maximum atomic E-state index is 12.0. The number of allylic oxidation sites excluding steroid dienone is 1. The lowest BCUT2D eigenvalue weighted by atomic mass is 10.0. The van der Waals surface area contributed by atoms with Crippen LogP contribution in [0.2, 0.25) is 5.02 Å². The standard InChI is InChI=1S/C18H21ClN2O3/c1-24-18(23)12-11-21(15-7-2-5-13(19)17(12)15)10-4-6-14-16(22)8-3-9-20-14/h2,4-7,11,14,16,20,22H,3,8-10H2,1H3/b6-4+. The highest BCUT2D eigenvalue weighted by molar-refractivity contribution is 6.36. The minimum Gasteiger partial charge on any atom is -0.465 e. The van der Waals surface area contributed by atoms with E-state index in [0.717, 1.165) is 24.9 Å². The van der Waals surface area contributed by atoms with Gasteiger partial charge in [0.15, 0.2) is 0 Å². The van der Waals surface area contributed by atoms with E-state index in [1.54, 1.807) is 12.3 Å². The highest BCUT2D eigenvalue weighted by Gasteiger charge is 2.20. The molecule has 0 bridgehead atoms. The molecule has 24 heavy (non-hydrogen) atoms. The van der Waals surface area contributed by atoms with Gasteiger partial charge in [-0.15, -0.1) is 0 Å². The predicted octanol–water partition coefficient (Wildman–Crippen LogP) is 2.75. The van der Waals surface area contributed by atoms with Crippen molar-refractivity contribution >= 4 is 28.5 Å². The van der Waals surface area contributed by atoms with Crippen LogP contribution < -0.4 is 5.32 Å². The van der Waals surface area contributed by atoms with Crippen LogP contribution in [0.3, 0.4) is 0 Å². The maximum Gasteiger partial charge on any atom is 0.340 e.